The third kappa shape index (κ3) is 6.60. The topological polar surface area (TPSA) is 76.7 Å². The summed E-state index contributed by atoms with van der Waals surface area (Å²) in [4.78, 5) is 24.2. The van der Waals surface area contributed by atoms with Crippen molar-refractivity contribution in [3.63, 3.8) is 0 Å². The van der Waals surface area contributed by atoms with Crippen molar-refractivity contribution in [2.24, 2.45) is 5.92 Å². The summed E-state index contributed by atoms with van der Waals surface area (Å²) in [6.07, 6.45) is 6.11. The third-order valence-electron chi connectivity index (χ3n) is 5.06. The van der Waals surface area contributed by atoms with Crippen LogP contribution in [-0.4, -0.2) is 25.5 Å². The summed E-state index contributed by atoms with van der Waals surface area (Å²) in [5.74, 6) is 1.39. The SMILES string of the molecule is CCCOc1ccc(/C=C/C(=O)NC(C)c2ccc(NC(=O)C3CC3)cc2)cc1OC. The molecule has 1 fully saturated rings. The molecule has 0 aliphatic heterocycles. The summed E-state index contributed by atoms with van der Waals surface area (Å²) in [5.41, 5.74) is 2.59. The molecule has 2 N–H and O–H groups in total. The molecule has 2 amide bonds. The highest BCUT2D eigenvalue weighted by molar-refractivity contribution is 5.94. The van der Waals surface area contributed by atoms with Gasteiger partial charge in [0.1, 0.15) is 0 Å². The zero-order valence-corrected chi connectivity index (χ0v) is 18.3. The van der Waals surface area contributed by atoms with E-state index in [0.29, 0.717) is 18.1 Å². The molecule has 1 saturated carbocycles. The zero-order valence-electron chi connectivity index (χ0n) is 18.3. The summed E-state index contributed by atoms with van der Waals surface area (Å²) in [5, 5.41) is 5.87. The van der Waals surface area contributed by atoms with Crippen molar-refractivity contribution < 1.29 is 19.1 Å². The second-order valence-electron chi connectivity index (χ2n) is 7.71. The number of hydrogen-bond acceptors (Lipinski definition) is 4. The van der Waals surface area contributed by atoms with E-state index in [2.05, 4.69) is 10.6 Å². The van der Waals surface area contributed by atoms with Gasteiger partial charge in [-0.15, -0.1) is 0 Å². The van der Waals surface area contributed by atoms with E-state index in [4.69, 9.17) is 9.47 Å². The molecule has 1 aliphatic carbocycles. The number of benzene rings is 2. The van der Waals surface area contributed by atoms with Crippen LogP contribution >= 0.6 is 0 Å². The lowest BCUT2D eigenvalue weighted by atomic mass is 10.1. The number of anilines is 1. The largest absolute Gasteiger partial charge is 0.493 e. The van der Waals surface area contributed by atoms with Gasteiger partial charge in [-0.25, -0.2) is 0 Å². The molecule has 3 rings (SSSR count). The second kappa shape index (κ2) is 10.7. The lowest BCUT2D eigenvalue weighted by molar-refractivity contribution is -0.118. The molecule has 1 aliphatic rings. The number of amides is 2. The molecule has 164 valence electrons. The minimum absolute atomic E-state index is 0.0841. The number of ether oxygens (including phenoxy) is 2. The Morgan fingerprint density at radius 1 is 1.13 bits per heavy atom. The first-order valence-electron chi connectivity index (χ1n) is 10.7. The Kier molecular flexibility index (Phi) is 7.70. The zero-order chi connectivity index (χ0) is 22.2. The lowest BCUT2D eigenvalue weighted by Crippen LogP contribution is -2.24. The van der Waals surface area contributed by atoms with Gasteiger partial charge in [0.05, 0.1) is 19.8 Å². The Morgan fingerprint density at radius 3 is 2.52 bits per heavy atom. The average molecular weight is 423 g/mol. The van der Waals surface area contributed by atoms with E-state index in [1.165, 1.54) is 6.08 Å². The summed E-state index contributed by atoms with van der Waals surface area (Å²) in [6.45, 7) is 4.59. The van der Waals surface area contributed by atoms with Crippen molar-refractivity contribution in [2.75, 3.05) is 19.0 Å². The Morgan fingerprint density at radius 2 is 1.87 bits per heavy atom. The molecule has 0 radical (unpaired) electrons. The van der Waals surface area contributed by atoms with E-state index >= 15 is 0 Å². The van der Waals surface area contributed by atoms with Gasteiger partial charge in [0.15, 0.2) is 11.5 Å². The van der Waals surface area contributed by atoms with Crippen molar-refractivity contribution >= 4 is 23.6 Å². The van der Waals surface area contributed by atoms with Crippen LogP contribution in [0.1, 0.15) is 50.3 Å². The van der Waals surface area contributed by atoms with E-state index in [-0.39, 0.29) is 23.8 Å². The normalized spacial score (nSPS) is 14.2. The third-order valence-corrected chi connectivity index (χ3v) is 5.06. The highest BCUT2D eigenvalue weighted by atomic mass is 16.5. The van der Waals surface area contributed by atoms with Crippen LogP contribution in [0.3, 0.4) is 0 Å². The summed E-state index contributed by atoms with van der Waals surface area (Å²) >= 11 is 0. The van der Waals surface area contributed by atoms with Crippen LogP contribution in [0.5, 0.6) is 11.5 Å². The Balaban J connectivity index is 1.54. The highest BCUT2D eigenvalue weighted by Crippen LogP contribution is 2.30. The molecular formula is C25H30N2O4. The van der Waals surface area contributed by atoms with Crippen LogP contribution in [-0.2, 0) is 9.59 Å². The number of nitrogens with one attached hydrogen (secondary N) is 2. The number of carbonyl (C=O) groups is 2. The van der Waals surface area contributed by atoms with Gasteiger partial charge >= 0.3 is 0 Å². The number of carbonyl (C=O) groups excluding carboxylic acids is 2. The average Bonchev–Trinajstić information content (AvgIpc) is 3.62. The highest BCUT2D eigenvalue weighted by Gasteiger charge is 2.29. The van der Waals surface area contributed by atoms with Crippen LogP contribution < -0.4 is 20.1 Å². The van der Waals surface area contributed by atoms with Gasteiger partial charge in [-0.3, -0.25) is 9.59 Å². The van der Waals surface area contributed by atoms with Crippen LogP contribution in [0, 0.1) is 5.92 Å². The van der Waals surface area contributed by atoms with E-state index in [1.54, 1.807) is 13.2 Å². The maximum atomic E-state index is 12.3. The Hall–Kier alpha value is -3.28. The molecular weight excluding hydrogens is 392 g/mol. The number of hydrogen-bond donors (Lipinski definition) is 2. The first kappa shape index (κ1) is 22.4. The van der Waals surface area contributed by atoms with Crippen molar-refractivity contribution in [3.8, 4) is 11.5 Å². The minimum Gasteiger partial charge on any atom is -0.493 e. The predicted molar refractivity (Wildman–Crippen MR) is 122 cm³/mol. The summed E-state index contributed by atoms with van der Waals surface area (Å²) in [7, 11) is 1.60. The monoisotopic (exact) mass is 422 g/mol. The van der Waals surface area contributed by atoms with Gasteiger partial charge in [0.25, 0.3) is 0 Å². The van der Waals surface area contributed by atoms with Crippen molar-refractivity contribution in [1.29, 1.82) is 0 Å². The molecule has 0 aromatic heterocycles. The van der Waals surface area contributed by atoms with Gasteiger partial charge in [-0.2, -0.15) is 0 Å². The number of methoxy groups -OCH3 is 1. The lowest BCUT2D eigenvalue weighted by Gasteiger charge is -2.14. The molecule has 0 spiro atoms. The maximum absolute atomic E-state index is 12.3. The smallest absolute Gasteiger partial charge is 0.244 e. The van der Waals surface area contributed by atoms with Crippen molar-refractivity contribution in [3.05, 3.63) is 59.7 Å². The van der Waals surface area contributed by atoms with E-state index in [0.717, 1.165) is 36.1 Å². The molecule has 0 bridgehead atoms. The fourth-order valence-electron chi connectivity index (χ4n) is 3.08. The van der Waals surface area contributed by atoms with Crippen LogP contribution in [0.15, 0.2) is 48.5 Å². The van der Waals surface area contributed by atoms with Crippen molar-refractivity contribution in [1.82, 2.24) is 5.32 Å². The summed E-state index contributed by atoms with van der Waals surface area (Å²) < 4.78 is 11.0. The van der Waals surface area contributed by atoms with E-state index in [1.807, 2.05) is 56.3 Å². The van der Waals surface area contributed by atoms with Gasteiger partial charge in [0.2, 0.25) is 11.8 Å². The fourth-order valence-corrected chi connectivity index (χ4v) is 3.08. The maximum Gasteiger partial charge on any atom is 0.244 e. The molecule has 6 heteroatoms. The Labute approximate surface area is 183 Å². The molecule has 1 unspecified atom stereocenters. The molecule has 0 saturated heterocycles. The van der Waals surface area contributed by atoms with Gasteiger partial charge in [-0.1, -0.05) is 25.1 Å². The summed E-state index contributed by atoms with van der Waals surface area (Å²) in [6, 6.07) is 13.0. The van der Waals surface area contributed by atoms with Crippen LogP contribution in [0.2, 0.25) is 0 Å². The molecule has 1 atom stereocenters. The fraction of sp³-hybridized carbons (Fsp3) is 0.360. The number of rotatable bonds is 10. The predicted octanol–water partition coefficient (Wildman–Crippen LogP) is 4.72. The molecule has 31 heavy (non-hydrogen) atoms. The first-order valence-corrected chi connectivity index (χ1v) is 10.7. The molecule has 2 aromatic rings. The van der Waals surface area contributed by atoms with E-state index in [9.17, 15) is 9.59 Å². The van der Waals surface area contributed by atoms with Crippen LogP contribution in [0.4, 0.5) is 5.69 Å². The molecule has 6 nitrogen and oxygen atoms in total. The van der Waals surface area contributed by atoms with Gasteiger partial charge in [0, 0.05) is 17.7 Å². The van der Waals surface area contributed by atoms with E-state index < -0.39 is 0 Å². The van der Waals surface area contributed by atoms with Gasteiger partial charge < -0.3 is 20.1 Å². The second-order valence-corrected chi connectivity index (χ2v) is 7.71. The van der Waals surface area contributed by atoms with Crippen molar-refractivity contribution in [2.45, 2.75) is 39.2 Å². The Bertz CT molecular complexity index is 933. The molecule has 0 heterocycles. The molecule has 2 aromatic carbocycles. The quantitative estimate of drug-likeness (QED) is 0.543. The first-order chi connectivity index (χ1) is 15.0. The standard InChI is InChI=1S/C25H30N2O4/c1-4-15-31-22-13-5-18(16-23(22)30-3)6-14-24(28)26-17(2)19-9-11-21(12-10-19)27-25(29)20-7-8-20/h5-6,9-14,16-17,20H,4,7-8,15H2,1-3H3,(H,26,28)(H,27,29)/b14-6+. The van der Waals surface area contributed by atoms with Gasteiger partial charge in [-0.05, 0) is 67.7 Å². The minimum atomic E-state index is -0.191. The van der Waals surface area contributed by atoms with Crippen LogP contribution in [0.25, 0.3) is 6.08 Å².